The summed E-state index contributed by atoms with van der Waals surface area (Å²) in [7, 11) is 0. The summed E-state index contributed by atoms with van der Waals surface area (Å²) in [5.41, 5.74) is 3.13. The fourth-order valence-corrected chi connectivity index (χ4v) is 3.20. The van der Waals surface area contributed by atoms with Crippen molar-refractivity contribution in [3.8, 4) is 0 Å². The molecular weight excluding hydrogens is 322 g/mol. The number of nitrogens with one attached hydrogen (secondary N) is 1. The number of rotatable bonds is 4. The Bertz CT molecular complexity index is 697. The Morgan fingerprint density at radius 3 is 2.46 bits per heavy atom. The molecule has 2 aromatic rings. The zero-order valence-electron chi connectivity index (χ0n) is 13.8. The lowest BCUT2D eigenvalue weighted by molar-refractivity contribution is -0.129. The molecule has 0 aliphatic carbocycles. The van der Waals surface area contributed by atoms with E-state index >= 15 is 0 Å². The Morgan fingerprint density at radius 1 is 1.08 bits per heavy atom. The number of para-hydroxylation sites is 1. The monoisotopic (exact) mass is 343 g/mol. The van der Waals surface area contributed by atoms with Crippen LogP contribution in [0.2, 0.25) is 5.02 Å². The number of hydrogen-bond donors (Lipinski definition) is 1. The Balaban J connectivity index is 1.50. The van der Waals surface area contributed by atoms with Crippen LogP contribution in [0.5, 0.6) is 0 Å². The van der Waals surface area contributed by atoms with E-state index in [0.29, 0.717) is 5.02 Å². The molecule has 1 saturated heterocycles. The predicted octanol–water partition coefficient (Wildman–Crippen LogP) is 3.41. The lowest BCUT2D eigenvalue weighted by atomic mass is 10.2. The lowest BCUT2D eigenvalue weighted by Gasteiger charge is -2.36. The van der Waals surface area contributed by atoms with Crippen molar-refractivity contribution < 1.29 is 4.79 Å². The summed E-state index contributed by atoms with van der Waals surface area (Å²) in [5.74, 6) is 0.111. The number of nitrogens with zero attached hydrogens (tertiary/aromatic N) is 2. The van der Waals surface area contributed by atoms with E-state index in [1.807, 2.05) is 48.2 Å². The fraction of sp³-hybridized carbons (Fsp3) is 0.316. The maximum absolute atomic E-state index is 12.4. The van der Waals surface area contributed by atoms with Crippen LogP contribution in [0.25, 0.3) is 0 Å². The van der Waals surface area contributed by atoms with Gasteiger partial charge in [-0.3, -0.25) is 4.79 Å². The van der Waals surface area contributed by atoms with E-state index in [2.05, 4.69) is 22.3 Å². The van der Waals surface area contributed by atoms with Crippen molar-refractivity contribution >= 4 is 28.9 Å². The third-order valence-corrected chi connectivity index (χ3v) is 4.62. The highest BCUT2D eigenvalue weighted by Crippen LogP contribution is 2.22. The molecule has 0 spiro atoms. The molecule has 1 aliphatic heterocycles. The van der Waals surface area contributed by atoms with Gasteiger partial charge in [0.25, 0.3) is 0 Å². The molecule has 24 heavy (non-hydrogen) atoms. The summed E-state index contributed by atoms with van der Waals surface area (Å²) in [6.07, 6.45) is 0. The van der Waals surface area contributed by atoms with Crippen LogP contribution in [0.15, 0.2) is 48.5 Å². The van der Waals surface area contributed by atoms with E-state index in [1.165, 1.54) is 5.69 Å². The molecule has 0 atom stereocenters. The highest BCUT2D eigenvalue weighted by molar-refractivity contribution is 6.33. The van der Waals surface area contributed by atoms with Crippen molar-refractivity contribution in [1.82, 2.24) is 4.90 Å². The van der Waals surface area contributed by atoms with Crippen molar-refractivity contribution in [2.24, 2.45) is 0 Å². The van der Waals surface area contributed by atoms with Gasteiger partial charge >= 0.3 is 0 Å². The van der Waals surface area contributed by atoms with E-state index < -0.39 is 0 Å². The van der Waals surface area contributed by atoms with Crippen LogP contribution in [0.3, 0.4) is 0 Å². The van der Waals surface area contributed by atoms with Crippen LogP contribution >= 0.6 is 11.6 Å². The van der Waals surface area contributed by atoms with Crippen molar-refractivity contribution in [3.63, 3.8) is 0 Å². The van der Waals surface area contributed by atoms with Gasteiger partial charge in [0, 0.05) is 31.9 Å². The number of carbonyl (C=O) groups is 1. The van der Waals surface area contributed by atoms with Gasteiger partial charge in [0.1, 0.15) is 0 Å². The van der Waals surface area contributed by atoms with Crippen LogP contribution < -0.4 is 10.2 Å². The molecule has 0 radical (unpaired) electrons. The summed E-state index contributed by atoms with van der Waals surface area (Å²) in [6.45, 7) is 5.48. The molecule has 1 aliphatic rings. The molecular formula is C19H22ClN3O. The van der Waals surface area contributed by atoms with Gasteiger partial charge in [-0.25, -0.2) is 0 Å². The molecule has 5 heteroatoms. The largest absolute Gasteiger partial charge is 0.375 e. The molecule has 0 bridgehead atoms. The first-order valence-electron chi connectivity index (χ1n) is 8.21. The second-order valence-electron chi connectivity index (χ2n) is 6.04. The molecule has 2 aromatic carbocycles. The minimum atomic E-state index is 0.111. The third-order valence-electron chi connectivity index (χ3n) is 4.31. The van der Waals surface area contributed by atoms with Crippen molar-refractivity contribution in [1.29, 1.82) is 0 Å². The molecule has 4 nitrogen and oxygen atoms in total. The number of piperazine rings is 1. The molecule has 0 saturated carbocycles. The highest BCUT2D eigenvalue weighted by atomic mass is 35.5. The topological polar surface area (TPSA) is 35.6 Å². The molecule has 1 N–H and O–H groups in total. The average Bonchev–Trinajstić information content (AvgIpc) is 2.62. The number of halogens is 1. The fourth-order valence-electron chi connectivity index (χ4n) is 2.90. The maximum Gasteiger partial charge on any atom is 0.241 e. The molecule has 1 fully saturated rings. The summed E-state index contributed by atoms with van der Waals surface area (Å²) in [6, 6.07) is 16.1. The van der Waals surface area contributed by atoms with Gasteiger partial charge in [-0.2, -0.15) is 0 Å². The van der Waals surface area contributed by atoms with E-state index in [0.717, 1.165) is 37.4 Å². The first kappa shape index (κ1) is 16.7. The predicted molar refractivity (Wildman–Crippen MR) is 99.9 cm³/mol. The number of amides is 1. The smallest absolute Gasteiger partial charge is 0.241 e. The second-order valence-corrected chi connectivity index (χ2v) is 6.45. The van der Waals surface area contributed by atoms with Gasteiger partial charge in [-0.15, -0.1) is 0 Å². The second kappa shape index (κ2) is 7.58. The summed E-state index contributed by atoms with van der Waals surface area (Å²) in [5, 5.41) is 3.79. The minimum Gasteiger partial charge on any atom is -0.375 e. The average molecular weight is 344 g/mol. The summed E-state index contributed by atoms with van der Waals surface area (Å²) in [4.78, 5) is 16.6. The normalized spacial score (nSPS) is 14.6. The first-order valence-corrected chi connectivity index (χ1v) is 8.59. The first-order chi connectivity index (χ1) is 11.6. The highest BCUT2D eigenvalue weighted by Gasteiger charge is 2.21. The Morgan fingerprint density at radius 2 is 1.79 bits per heavy atom. The van der Waals surface area contributed by atoms with Crippen LogP contribution in [-0.2, 0) is 4.79 Å². The van der Waals surface area contributed by atoms with E-state index in [1.54, 1.807) is 0 Å². The van der Waals surface area contributed by atoms with E-state index in [9.17, 15) is 4.79 Å². The molecule has 0 unspecified atom stereocenters. The number of anilines is 2. The maximum atomic E-state index is 12.4. The van der Waals surface area contributed by atoms with Crippen molar-refractivity contribution in [3.05, 3.63) is 59.1 Å². The Hall–Kier alpha value is -2.20. The standard InChI is InChI=1S/C19H22ClN3O/c1-15-7-8-18(17(20)13-15)21-14-19(24)23-11-9-22(10-12-23)16-5-3-2-4-6-16/h2-8,13,21H,9-12,14H2,1H3. The molecule has 3 rings (SSSR count). The van der Waals surface area contributed by atoms with E-state index in [4.69, 9.17) is 11.6 Å². The van der Waals surface area contributed by atoms with Crippen molar-refractivity contribution in [2.75, 3.05) is 42.9 Å². The van der Waals surface area contributed by atoms with Gasteiger partial charge in [-0.1, -0.05) is 35.9 Å². The molecule has 126 valence electrons. The van der Waals surface area contributed by atoms with Crippen LogP contribution in [0.1, 0.15) is 5.56 Å². The SMILES string of the molecule is Cc1ccc(NCC(=O)N2CCN(c3ccccc3)CC2)c(Cl)c1. The van der Waals surface area contributed by atoms with E-state index in [-0.39, 0.29) is 12.5 Å². The van der Waals surface area contributed by atoms with Gasteiger partial charge < -0.3 is 15.1 Å². The zero-order chi connectivity index (χ0) is 16.9. The number of hydrogen-bond acceptors (Lipinski definition) is 3. The lowest BCUT2D eigenvalue weighted by Crippen LogP contribution is -2.50. The summed E-state index contributed by atoms with van der Waals surface area (Å²) >= 11 is 6.19. The number of carbonyl (C=O) groups excluding carboxylic acids is 1. The number of aryl methyl sites for hydroxylation is 1. The van der Waals surface area contributed by atoms with Crippen LogP contribution in [0.4, 0.5) is 11.4 Å². The molecule has 1 amide bonds. The minimum absolute atomic E-state index is 0.111. The van der Waals surface area contributed by atoms with Gasteiger partial charge in [0.05, 0.1) is 17.3 Å². The van der Waals surface area contributed by atoms with Crippen LogP contribution in [-0.4, -0.2) is 43.5 Å². The third kappa shape index (κ3) is 4.01. The Labute approximate surface area is 148 Å². The van der Waals surface area contributed by atoms with Crippen molar-refractivity contribution in [2.45, 2.75) is 6.92 Å². The number of benzene rings is 2. The van der Waals surface area contributed by atoms with Gasteiger partial charge in [0.2, 0.25) is 5.91 Å². The molecule has 0 aromatic heterocycles. The van der Waals surface area contributed by atoms with Gasteiger partial charge in [-0.05, 0) is 36.8 Å². The zero-order valence-corrected chi connectivity index (χ0v) is 14.6. The molecule has 1 heterocycles. The van der Waals surface area contributed by atoms with Gasteiger partial charge in [0.15, 0.2) is 0 Å². The van der Waals surface area contributed by atoms with Crippen LogP contribution in [0, 0.1) is 6.92 Å². The Kier molecular flexibility index (Phi) is 5.26. The summed E-state index contributed by atoms with van der Waals surface area (Å²) < 4.78 is 0. The quantitative estimate of drug-likeness (QED) is 0.924.